The molecule has 2 aliphatic rings. The number of para-hydroxylation sites is 1. The smallest absolute Gasteiger partial charge is 0.258 e. The molecule has 2 amide bonds. The number of rotatable bonds is 3. The number of carbonyl (C=O) groups excluding carboxylic acids is 2. The molecule has 0 saturated carbocycles. The summed E-state index contributed by atoms with van der Waals surface area (Å²) in [6, 6.07) is 15.2. The highest BCUT2D eigenvalue weighted by Crippen LogP contribution is 2.33. The average Bonchev–Trinajstić information content (AvgIpc) is 3.28. The van der Waals surface area contributed by atoms with E-state index in [0.717, 1.165) is 24.9 Å². The Labute approximate surface area is 153 Å². The van der Waals surface area contributed by atoms with Gasteiger partial charge in [0, 0.05) is 29.6 Å². The molecule has 0 spiro atoms. The van der Waals surface area contributed by atoms with Gasteiger partial charge in [-0.05, 0) is 56.0 Å². The quantitative estimate of drug-likeness (QED) is 0.923. The summed E-state index contributed by atoms with van der Waals surface area (Å²) in [5, 5.41) is 2.87. The van der Waals surface area contributed by atoms with Crippen LogP contribution in [0.3, 0.4) is 0 Å². The molecule has 2 aromatic rings. The SMILES string of the molecule is CC1Cc2ccccc2N1C(=O)c1cccc(NC(=O)C2CCCO2)c1. The predicted octanol–water partition coefficient (Wildman–Crippen LogP) is 3.40. The molecular formula is C21H22N2O3. The third-order valence-corrected chi connectivity index (χ3v) is 5.03. The van der Waals surface area contributed by atoms with E-state index in [9.17, 15) is 9.59 Å². The summed E-state index contributed by atoms with van der Waals surface area (Å²) in [5.74, 6) is -0.192. The van der Waals surface area contributed by atoms with Crippen LogP contribution >= 0.6 is 0 Å². The average molecular weight is 350 g/mol. The number of nitrogens with one attached hydrogen (secondary N) is 1. The lowest BCUT2D eigenvalue weighted by Gasteiger charge is -2.23. The second kappa shape index (κ2) is 6.92. The van der Waals surface area contributed by atoms with Crippen molar-refractivity contribution in [1.29, 1.82) is 0 Å². The van der Waals surface area contributed by atoms with Crippen LogP contribution in [0.25, 0.3) is 0 Å². The Hall–Kier alpha value is -2.66. The molecule has 2 heterocycles. The third-order valence-electron chi connectivity index (χ3n) is 5.03. The van der Waals surface area contributed by atoms with Crippen molar-refractivity contribution in [2.24, 2.45) is 0 Å². The highest BCUT2D eigenvalue weighted by molar-refractivity contribution is 6.08. The van der Waals surface area contributed by atoms with Gasteiger partial charge in [0.1, 0.15) is 6.10 Å². The van der Waals surface area contributed by atoms with Gasteiger partial charge < -0.3 is 15.0 Å². The van der Waals surface area contributed by atoms with E-state index in [-0.39, 0.29) is 24.0 Å². The molecule has 2 unspecified atom stereocenters. The van der Waals surface area contributed by atoms with Gasteiger partial charge in [-0.3, -0.25) is 9.59 Å². The fraction of sp³-hybridized carbons (Fsp3) is 0.333. The number of hydrogen-bond acceptors (Lipinski definition) is 3. The van der Waals surface area contributed by atoms with Crippen LogP contribution in [0.15, 0.2) is 48.5 Å². The van der Waals surface area contributed by atoms with Gasteiger partial charge in [-0.15, -0.1) is 0 Å². The highest BCUT2D eigenvalue weighted by atomic mass is 16.5. The lowest BCUT2D eigenvalue weighted by molar-refractivity contribution is -0.124. The van der Waals surface area contributed by atoms with Crippen LogP contribution in [0.2, 0.25) is 0 Å². The normalized spacial score (nSPS) is 21.5. The number of ether oxygens (including phenoxy) is 1. The van der Waals surface area contributed by atoms with E-state index in [1.54, 1.807) is 24.3 Å². The first-order valence-corrected chi connectivity index (χ1v) is 9.07. The predicted molar refractivity (Wildman–Crippen MR) is 100 cm³/mol. The van der Waals surface area contributed by atoms with Gasteiger partial charge in [-0.25, -0.2) is 0 Å². The second-order valence-corrected chi connectivity index (χ2v) is 6.93. The molecule has 1 saturated heterocycles. The zero-order valence-electron chi connectivity index (χ0n) is 14.8. The van der Waals surface area contributed by atoms with E-state index in [1.807, 2.05) is 23.1 Å². The molecule has 5 heteroatoms. The summed E-state index contributed by atoms with van der Waals surface area (Å²) in [4.78, 5) is 27.2. The number of carbonyl (C=O) groups is 2. The first-order chi connectivity index (χ1) is 12.6. The summed E-state index contributed by atoms with van der Waals surface area (Å²) in [7, 11) is 0. The fourth-order valence-electron chi connectivity index (χ4n) is 3.75. The van der Waals surface area contributed by atoms with Gasteiger partial charge in [0.05, 0.1) is 0 Å². The van der Waals surface area contributed by atoms with E-state index in [4.69, 9.17) is 4.74 Å². The Kier molecular flexibility index (Phi) is 4.47. The van der Waals surface area contributed by atoms with Crippen LogP contribution < -0.4 is 10.2 Å². The van der Waals surface area contributed by atoms with Gasteiger partial charge in [-0.2, -0.15) is 0 Å². The van der Waals surface area contributed by atoms with E-state index in [2.05, 4.69) is 18.3 Å². The number of hydrogen-bond donors (Lipinski definition) is 1. The van der Waals surface area contributed by atoms with Gasteiger partial charge in [0.25, 0.3) is 11.8 Å². The van der Waals surface area contributed by atoms with Crippen LogP contribution in [0, 0.1) is 0 Å². The maximum Gasteiger partial charge on any atom is 0.258 e. The maximum atomic E-state index is 13.1. The van der Waals surface area contributed by atoms with Crippen molar-refractivity contribution in [2.75, 3.05) is 16.8 Å². The van der Waals surface area contributed by atoms with Crippen LogP contribution in [0.5, 0.6) is 0 Å². The van der Waals surface area contributed by atoms with Crippen LogP contribution in [0.4, 0.5) is 11.4 Å². The maximum absolute atomic E-state index is 13.1. The van der Waals surface area contributed by atoms with Crippen molar-refractivity contribution in [3.8, 4) is 0 Å². The second-order valence-electron chi connectivity index (χ2n) is 6.93. The Morgan fingerprint density at radius 2 is 2.00 bits per heavy atom. The van der Waals surface area contributed by atoms with Crippen molar-refractivity contribution >= 4 is 23.2 Å². The standard InChI is InChI=1S/C21H22N2O3/c1-14-12-15-6-2-3-9-18(15)23(14)21(25)16-7-4-8-17(13-16)22-20(24)19-10-5-11-26-19/h2-4,6-9,13-14,19H,5,10-12H2,1H3,(H,22,24). The number of anilines is 2. The van der Waals surface area contributed by atoms with Gasteiger partial charge >= 0.3 is 0 Å². The largest absolute Gasteiger partial charge is 0.368 e. The van der Waals surface area contributed by atoms with Gasteiger partial charge in [0.2, 0.25) is 0 Å². The minimum atomic E-state index is -0.389. The van der Waals surface area contributed by atoms with E-state index >= 15 is 0 Å². The molecule has 2 aromatic carbocycles. The lowest BCUT2D eigenvalue weighted by Crippen LogP contribution is -2.35. The molecule has 0 aliphatic carbocycles. The molecular weight excluding hydrogens is 328 g/mol. The molecule has 0 radical (unpaired) electrons. The fourth-order valence-corrected chi connectivity index (χ4v) is 3.75. The molecule has 1 N–H and O–H groups in total. The zero-order valence-corrected chi connectivity index (χ0v) is 14.8. The Balaban J connectivity index is 1.54. The summed E-state index contributed by atoms with van der Waals surface area (Å²) in [6.45, 7) is 2.68. The summed E-state index contributed by atoms with van der Waals surface area (Å²) < 4.78 is 5.41. The summed E-state index contributed by atoms with van der Waals surface area (Å²) in [5.41, 5.74) is 3.35. The van der Waals surface area contributed by atoms with Crippen LogP contribution in [0.1, 0.15) is 35.7 Å². The van der Waals surface area contributed by atoms with E-state index < -0.39 is 0 Å². The van der Waals surface area contributed by atoms with E-state index in [1.165, 1.54) is 5.56 Å². The molecule has 5 nitrogen and oxygen atoms in total. The molecule has 2 aliphatic heterocycles. The van der Waals surface area contributed by atoms with Crippen LogP contribution in [-0.4, -0.2) is 30.6 Å². The van der Waals surface area contributed by atoms with Crippen molar-refractivity contribution in [2.45, 2.75) is 38.3 Å². The Morgan fingerprint density at radius 1 is 1.15 bits per heavy atom. The van der Waals surface area contributed by atoms with Crippen molar-refractivity contribution in [3.63, 3.8) is 0 Å². The number of fused-ring (bicyclic) bond motifs is 1. The molecule has 134 valence electrons. The molecule has 1 fully saturated rings. The minimum Gasteiger partial charge on any atom is -0.368 e. The first kappa shape index (κ1) is 16.8. The monoisotopic (exact) mass is 350 g/mol. The number of nitrogens with zero attached hydrogens (tertiary/aromatic N) is 1. The zero-order chi connectivity index (χ0) is 18.1. The molecule has 2 atom stereocenters. The highest BCUT2D eigenvalue weighted by Gasteiger charge is 2.31. The van der Waals surface area contributed by atoms with Crippen molar-refractivity contribution in [1.82, 2.24) is 0 Å². The summed E-state index contributed by atoms with van der Waals surface area (Å²) >= 11 is 0. The number of amides is 2. The van der Waals surface area contributed by atoms with Crippen molar-refractivity contribution < 1.29 is 14.3 Å². The van der Waals surface area contributed by atoms with Crippen LogP contribution in [-0.2, 0) is 16.0 Å². The number of benzene rings is 2. The lowest BCUT2D eigenvalue weighted by atomic mass is 10.1. The Bertz CT molecular complexity index is 843. The molecule has 26 heavy (non-hydrogen) atoms. The molecule has 0 aromatic heterocycles. The minimum absolute atomic E-state index is 0.0457. The van der Waals surface area contributed by atoms with Crippen molar-refractivity contribution in [3.05, 3.63) is 59.7 Å². The third kappa shape index (κ3) is 3.10. The molecule has 4 rings (SSSR count). The molecule has 0 bridgehead atoms. The Morgan fingerprint density at radius 3 is 2.81 bits per heavy atom. The summed E-state index contributed by atoms with van der Waals surface area (Å²) in [6.07, 6.45) is 2.12. The topological polar surface area (TPSA) is 58.6 Å². The first-order valence-electron chi connectivity index (χ1n) is 9.07. The van der Waals surface area contributed by atoms with Gasteiger partial charge in [0.15, 0.2) is 0 Å². The van der Waals surface area contributed by atoms with Gasteiger partial charge in [-0.1, -0.05) is 24.3 Å². The van der Waals surface area contributed by atoms with E-state index in [0.29, 0.717) is 17.9 Å².